The summed E-state index contributed by atoms with van der Waals surface area (Å²) in [5.74, 6) is 6.94. The smallest absolute Gasteiger partial charge is 0.0176 e. The molecule has 1 heteroatoms. The highest BCUT2D eigenvalue weighted by atomic mass is 15.0. The van der Waals surface area contributed by atoms with Gasteiger partial charge in [0.15, 0.2) is 0 Å². The van der Waals surface area contributed by atoms with Crippen molar-refractivity contribution < 1.29 is 0 Å². The quantitative estimate of drug-likeness (QED) is 0.797. The molecule has 0 aromatic heterocycles. The zero-order valence-corrected chi connectivity index (χ0v) is 10.5. The summed E-state index contributed by atoms with van der Waals surface area (Å²) < 4.78 is 0. The molecule has 6 saturated carbocycles. The zero-order chi connectivity index (χ0) is 11.6. The molecule has 6 aliphatic carbocycles. The van der Waals surface area contributed by atoms with Crippen LogP contribution >= 0.6 is 0 Å². The van der Waals surface area contributed by atoms with E-state index >= 15 is 0 Å². The van der Waals surface area contributed by atoms with Gasteiger partial charge >= 0.3 is 0 Å². The lowest BCUT2D eigenvalue weighted by atomic mass is 9.60. The van der Waals surface area contributed by atoms with Crippen molar-refractivity contribution in [2.24, 2.45) is 47.2 Å². The lowest BCUT2D eigenvalue weighted by Gasteiger charge is -2.43. The first-order valence-corrected chi connectivity index (χ1v) is 7.66. The van der Waals surface area contributed by atoms with Crippen molar-refractivity contribution in [3.8, 4) is 0 Å². The van der Waals surface area contributed by atoms with Gasteiger partial charge in [0.05, 0.1) is 0 Å². The lowest BCUT2D eigenvalue weighted by molar-refractivity contribution is 0.107. The predicted molar refractivity (Wildman–Crippen MR) is 69.8 cm³/mol. The number of hydrogen-bond acceptors (Lipinski definition) is 1. The molecule has 7 rings (SSSR count). The molecule has 0 radical (unpaired) electrons. The van der Waals surface area contributed by atoms with Crippen LogP contribution in [0.3, 0.4) is 0 Å². The number of nitrogens with two attached hydrogens (primary N) is 1. The maximum Gasteiger partial charge on any atom is 0.0176 e. The molecule has 9 atom stereocenters. The number of rotatable bonds is 1. The molecule has 1 aromatic carbocycles. The molecule has 0 saturated heterocycles. The summed E-state index contributed by atoms with van der Waals surface area (Å²) in [7, 11) is 0. The molecule has 0 heterocycles. The summed E-state index contributed by atoms with van der Waals surface area (Å²) in [5.41, 5.74) is 8.80. The van der Waals surface area contributed by atoms with Crippen LogP contribution in [0.15, 0.2) is 30.3 Å². The fourth-order valence-electron chi connectivity index (χ4n) is 8.06. The molecule has 1 aromatic rings. The van der Waals surface area contributed by atoms with Crippen LogP contribution in [-0.2, 0) is 5.41 Å². The predicted octanol–water partition coefficient (Wildman–Crippen LogP) is 2.41. The van der Waals surface area contributed by atoms with E-state index in [9.17, 15) is 0 Å². The molecule has 1 nitrogen and oxygen atoms in total. The Morgan fingerprint density at radius 3 is 2.61 bits per heavy atom. The summed E-state index contributed by atoms with van der Waals surface area (Å²) in [6.07, 6.45) is 3.04. The minimum atomic E-state index is 0.402. The van der Waals surface area contributed by atoms with Crippen LogP contribution in [0.1, 0.15) is 18.4 Å². The summed E-state index contributed by atoms with van der Waals surface area (Å²) in [6.45, 7) is 0. The summed E-state index contributed by atoms with van der Waals surface area (Å²) in [5, 5.41) is 0. The zero-order valence-electron chi connectivity index (χ0n) is 10.5. The second-order valence-electron chi connectivity index (χ2n) is 7.57. The topological polar surface area (TPSA) is 26.0 Å². The van der Waals surface area contributed by atoms with E-state index in [1.54, 1.807) is 5.56 Å². The van der Waals surface area contributed by atoms with Gasteiger partial charge in [-0.3, -0.25) is 0 Å². The second kappa shape index (κ2) is 2.43. The fraction of sp³-hybridized carbons (Fsp3) is 0.647. The molecule has 18 heavy (non-hydrogen) atoms. The maximum atomic E-state index is 6.81. The first-order valence-electron chi connectivity index (χ1n) is 7.66. The van der Waals surface area contributed by atoms with E-state index in [0.29, 0.717) is 11.5 Å². The Morgan fingerprint density at radius 2 is 1.78 bits per heavy atom. The van der Waals surface area contributed by atoms with Gasteiger partial charge in [0.1, 0.15) is 0 Å². The minimum Gasteiger partial charge on any atom is -0.327 e. The molecule has 0 aliphatic heterocycles. The van der Waals surface area contributed by atoms with Gasteiger partial charge in [0.25, 0.3) is 0 Å². The van der Waals surface area contributed by atoms with E-state index < -0.39 is 0 Å². The van der Waals surface area contributed by atoms with E-state index in [1.165, 1.54) is 12.8 Å². The Kier molecular flexibility index (Phi) is 1.23. The normalized spacial score (nSPS) is 64.7. The van der Waals surface area contributed by atoms with Crippen molar-refractivity contribution in [1.82, 2.24) is 0 Å². The Morgan fingerprint density at radius 1 is 0.944 bits per heavy atom. The molecule has 6 aliphatic rings. The van der Waals surface area contributed by atoms with Gasteiger partial charge < -0.3 is 5.73 Å². The first kappa shape index (κ1) is 9.14. The SMILES string of the molecule is N[C@H]1[C@@H]2[C@H]3C[C@H]4[C@@H]5C[C@@H]([C@H]42)[C@@]1(c1ccccc1)[C@@H]35. The van der Waals surface area contributed by atoms with Crippen molar-refractivity contribution in [2.45, 2.75) is 24.3 Å². The Balaban J connectivity index is 1.68. The molecule has 6 bridgehead atoms. The highest BCUT2D eigenvalue weighted by Crippen LogP contribution is 2.86. The number of benzene rings is 1. The Labute approximate surface area is 108 Å². The van der Waals surface area contributed by atoms with Crippen LogP contribution in [-0.4, -0.2) is 6.04 Å². The van der Waals surface area contributed by atoms with Crippen molar-refractivity contribution in [2.75, 3.05) is 0 Å². The number of hydrogen-bond donors (Lipinski definition) is 1. The van der Waals surface area contributed by atoms with Crippen molar-refractivity contribution in [3.05, 3.63) is 35.9 Å². The average molecular weight is 237 g/mol. The van der Waals surface area contributed by atoms with Crippen molar-refractivity contribution >= 4 is 0 Å². The highest BCUT2D eigenvalue weighted by molar-refractivity contribution is 5.46. The van der Waals surface area contributed by atoms with Crippen LogP contribution in [0.5, 0.6) is 0 Å². The maximum absolute atomic E-state index is 6.81. The van der Waals surface area contributed by atoms with Crippen LogP contribution in [0, 0.1) is 41.4 Å². The van der Waals surface area contributed by atoms with Crippen molar-refractivity contribution in [3.63, 3.8) is 0 Å². The molecule has 92 valence electrons. The Bertz CT molecular complexity index is 552. The van der Waals surface area contributed by atoms with Crippen LogP contribution < -0.4 is 5.73 Å². The molecule has 2 N–H and O–H groups in total. The monoisotopic (exact) mass is 237 g/mol. The summed E-state index contributed by atoms with van der Waals surface area (Å²) in [6, 6.07) is 11.8. The van der Waals surface area contributed by atoms with Gasteiger partial charge in [0, 0.05) is 11.5 Å². The van der Waals surface area contributed by atoms with Crippen LogP contribution in [0.25, 0.3) is 0 Å². The van der Waals surface area contributed by atoms with Gasteiger partial charge in [-0.15, -0.1) is 0 Å². The van der Waals surface area contributed by atoms with Gasteiger partial charge in [-0.1, -0.05) is 30.3 Å². The fourth-order valence-corrected chi connectivity index (χ4v) is 8.06. The highest BCUT2D eigenvalue weighted by Gasteiger charge is 2.85. The molecular weight excluding hydrogens is 218 g/mol. The minimum absolute atomic E-state index is 0.402. The van der Waals surface area contributed by atoms with Gasteiger partial charge in [-0.2, -0.15) is 0 Å². The third kappa shape index (κ3) is 0.602. The molecule has 0 amide bonds. The van der Waals surface area contributed by atoms with Gasteiger partial charge in [-0.25, -0.2) is 0 Å². The third-order valence-electron chi connectivity index (χ3n) is 7.85. The van der Waals surface area contributed by atoms with Gasteiger partial charge in [-0.05, 0) is 59.8 Å². The van der Waals surface area contributed by atoms with E-state index in [4.69, 9.17) is 5.73 Å². The van der Waals surface area contributed by atoms with E-state index in [2.05, 4.69) is 30.3 Å². The second-order valence-corrected chi connectivity index (χ2v) is 7.57. The lowest BCUT2D eigenvalue weighted by Crippen LogP contribution is -2.46. The van der Waals surface area contributed by atoms with Crippen molar-refractivity contribution in [1.29, 1.82) is 0 Å². The van der Waals surface area contributed by atoms with E-state index in [-0.39, 0.29) is 0 Å². The average Bonchev–Trinajstić information content (AvgIpc) is 3.11. The van der Waals surface area contributed by atoms with Crippen LogP contribution in [0.4, 0.5) is 0 Å². The summed E-state index contributed by atoms with van der Waals surface area (Å²) >= 11 is 0. The summed E-state index contributed by atoms with van der Waals surface area (Å²) in [4.78, 5) is 0. The largest absolute Gasteiger partial charge is 0.327 e. The first-order chi connectivity index (χ1) is 8.85. The standard InChI is InChI=1S/C17H19N/c18-16-14-11-6-9-10-7-12(13(9)14)17(16,15(10)11)8-4-2-1-3-5-8/h1-5,9-16H,6-7,18H2/t9-,10-,11+,12-,13-,14+,15+,16-,17-/m0/s1. The van der Waals surface area contributed by atoms with E-state index in [1.807, 2.05) is 0 Å². The molecule has 6 fully saturated rings. The molecular formula is C17H19N. The van der Waals surface area contributed by atoms with E-state index in [0.717, 1.165) is 41.4 Å². The molecule has 0 unspecified atom stereocenters. The van der Waals surface area contributed by atoms with Gasteiger partial charge in [0.2, 0.25) is 0 Å². The molecule has 0 spiro atoms. The third-order valence-corrected chi connectivity index (χ3v) is 7.85. The Hall–Kier alpha value is -0.820. The van der Waals surface area contributed by atoms with Crippen LogP contribution in [0.2, 0.25) is 0 Å².